The van der Waals surface area contributed by atoms with Crippen LogP contribution < -0.4 is 10.6 Å². The third-order valence-electron chi connectivity index (χ3n) is 3.70. The molecule has 1 saturated heterocycles. The van der Waals surface area contributed by atoms with Gasteiger partial charge >= 0.3 is 0 Å². The van der Waals surface area contributed by atoms with Gasteiger partial charge in [-0.3, -0.25) is 9.59 Å². The van der Waals surface area contributed by atoms with Crippen molar-refractivity contribution in [2.45, 2.75) is 31.8 Å². The van der Waals surface area contributed by atoms with E-state index in [2.05, 4.69) is 10.6 Å². The summed E-state index contributed by atoms with van der Waals surface area (Å²) in [5, 5.41) is 5.97. The lowest BCUT2D eigenvalue weighted by molar-refractivity contribution is -0.130. The number of rotatable bonds is 6. The summed E-state index contributed by atoms with van der Waals surface area (Å²) in [6, 6.07) is 9.79. The molecule has 114 valence electrons. The number of hydrogen-bond donors (Lipinski definition) is 2. The number of hydrogen-bond acceptors (Lipinski definition) is 3. The lowest BCUT2D eigenvalue weighted by Gasteiger charge is -2.18. The average Bonchev–Trinajstić information content (AvgIpc) is 3.02. The van der Waals surface area contributed by atoms with Gasteiger partial charge in [0.1, 0.15) is 0 Å². The van der Waals surface area contributed by atoms with Crippen molar-refractivity contribution in [2.24, 2.45) is 0 Å². The fraction of sp³-hybridized carbons (Fsp3) is 0.500. The van der Waals surface area contributed by atoms with Crippen LogP contribution in [-0.2, 0) is 16.1 Å². The number of benzene rings is 1. The van der Waals surface area contributed by atoms with Gasteiger partial charge in [-0.05, 0) is 24.9 Å². The van der Waals surface area contributed by atoms with Crippen LogP contribution in [0.4, 0.5) is 0 Å². The zero-order chi connectivity index (χ0) is 15.1. The Balaban J connectivity index is 1.67. The van der Waals surface area contributed by atoms with Gasteiger partial charge in [-0.25, -0.2) is 0 Å². The molecule has 0 saturated carbocycles. The normalized spacial score (nSPS) is 17.5. The van der Waals surface area contributed by atoms with Crippen LogP contribution in [0.3, 0.4) is 0 Å². The Morgan fingerprint density at radius 1 is 1.33 bits per heavy atom. The smallest absolute Gasteiger partial charge is 0.237 e. The summed E-state index contributed by atoms with van der Waals surface area (Å²) < 4.78 is 0. The second-order valence-corrected chi connectivity index (χ2v) is 5.43. The predicted octanol–water partition coefficient (Wildman–Crippen LogP) is 0.903. The molecular weight excluding hydrogens is 266 g/mol. The SMILES string of the molecule is CN(Cc1ccccc1)C(=O)CCNC(=O)C1CCCN1. The zero-order valence-electron chi connectivity index (χ0n) is 12.5. The molecule has 1 aromatic rings. The second kappa shape index (κ2) is 7.78. The first kappa shape index (κ1) is 15.5. The van der Waals surface area contributed by atoms with Crippen molar-refractivity contribution in [3.63, 3.8) is 0 Å². The van der Waals surface area contributed by atoms with Crippen LogP contribution in [0.5, 0.6) is 0 Å². The summed E-state index contributed by atoms with van der Waals surface area (Å²) in [6.45, 7) is 1.89. The van der Waals surface area contributed by atoms with Crippen LogP contribution in [0, 0.1) is 0 Å². The maximum atomic E-state index is 12.0. The Hall–Kier alpha value is -1.88. The molecule has 0 aromatic heterocycles. The number of amides is 2. The number of carbonyl (C=O) groups excluding carboxylic acids is 2. The van der Waals surface area contributed by atoms with Crippen LogP contribution in [0.15, 0.2) is 30.3 Å². The maximum Gasteiger partial charge on any atom is 0.237 e. The molecule has 1 heterocycles. The first-order valence-electron chi connectivity index (χ1n) is 7.46. The summed E-state index contributed by atoms with van der Waals surface area (Å²) in [5.41, 5.74) is 1.10. The summed E-state index contributed by atoms with van der Waals surface area (Å²) in [4.78, 5) is 25.5. The van der Waals surface area contributed by atoms with Gasteiger partial charge in [0, 0.05) is 26.6 Å². The molecule has 1 unspecified atom stereocenters. The van der Waals surface area contributed by atoms with E-state index in [4.69, 9.17) is 0 Å². The van der Waals surface area contributed by atoms with Gasteiger partial charge in [-0.15, -0.1) is 0 Å². The summed E-state index contributed by atoms with van der Waals surface area (Å²) in [7, 11) is 1.79. The van der Waals surface area contributed by atoms with Crippen molar-refractivity contribution in [1.29, 1.82) is 0 Å². The van der Waals surface area contributed by atoms with E-state index in [0.29, 0.717) is 19.5 Å². The van der Waals surface area contributed by atoms with Gasteiger partial charge in [-0.1, -0.05) is 30.3 Å². The molecule has 1 aliphatic rings. The third kappa shape index (κ3) is 4.86. The van der Waals surface area contributed by atoms with Gasteiger partial charge in [0.15, 0.2) is 0 Å². The van der Waals surface area contributed by atoms with E-state index < -0.39 is 0 Å². The quantitative estimate of drug-likeness (QED) is 0.818. The Morgan fingerprint density at radius 2 is 2.10 bits per heavy atom. The Kier molecular flexibility index (Phi) is 5.75. The highest BCUT2D eigenvalue weighted by atomic mass is 16.2. The molecule has 0 spiro atoms. The van der Waals surface area contributed by atoms with Gasteiger partial charge in [0.2, 0.25) is 11.8 Å². The standard InChI is InChI=1S/C16H23N3O2/c1-19(12-13-6-3-2-4-7-13)15(20)9-11-18-16(21)14-8-5-10-17-14/h2-4,6-7,14,17H,5,8-12H2,1H3,(H,18,21). The zero-order valence-corrected chi connectivity index (χ0v) is 12.5. The minimum Gasteiger partial charge on any atom is -0.354 e. The molecule has 5 heteroatoms. The fourth-order valence-electron chi connectivity index (χ4n) is 2.46. The number of nitrogens with one attached hydrogen (secondary N) is 2. The van der Waals surface area contributed by atoms with Crippen LogP contribution in [0.1, 0.15) is 24.8 Å². The molecule has 0 aliphatic carbocycles. The summed E-state index contributed by atoms with van der Waals surface area (Å²) in [5.74, 6) is 0.0459. The molecule has 2 amide bonds. The lowest BCUT2D eigenvalue weighted by atomic mass is 10.2. The molecule has 0 radical (unpaired) electrons. The van der Waals surface area contributed by atoms with E-state index in [-0.39, 0.29) is 17.9 Å². The van der Waals surface area contributed by atoms with E-state index >= 15 is 0 Å². The Bertz CT molecular complexity index is 470. The van der Waals surface area contributed by atoms with Crippen molar-refractivity contribution >= 4 is 11.8 Å². The molecule has 0 bridgehead atoms. The van der Waals surface area contributed by atoms with E-state index in [9.17, 15) is 9.59 Å². The van der Waals surface area contributed by atoms with Gasteiger partial charge in [0.25, 0.3) is 0 Å². The predicted molar refractivity (Wildman–Crippen MR) is 81.6 cm³/mol. The molecule has 1 aromatic carbocycles. The summed E-state index contributed by atoms with van der Waals surface area (Å²) in [6.07, 6.45) is 2.26. The van der Waals surface area contributed by atoms with E-state index in [1.54, 1.807) is 11.9 Å². The molecule has 5 nitrogen and oxygen atoms in total. The van der Waals surface area contributed by atoms with Gasteiger partial charge < -0.3 is 15.5 Å². The highest BCUT2D eigenvalue weighted by Crippen LogP contribution is 2.05. The van der Waals surface area contributed by atoms with E-state index in [0.717, 1.165) is 24.9 Å². The fourth-order valence-corrected chi connectivity index (χ4v) is 2.46. The summed E-state index contributed by atoms with van der Waals surface area (Å²) >= 11 is 0. The highest BCUT2D eigenvalue weighted by Gasteiger charge is 2.21. The van der Waals surface area contributed by atoms with Crippen molar-refractivity contribution < 1.29 is 9.59 Å². The van der Waals surface area contributed by atoms with Crippen molar-refractivity contribution in [1.82, 2.24) is 15.5 Å². The molecule has 2 rings (SSSR count). The van der Waals surface area contributed by atoms with Crippen LogP contribution in [0.25, 0.3) is 0 Å². The molecule has 2 N–H and O–H groups in total. The Labute approximate surface area is 125 Å². The van der Waals surface area contributed by atoms with Gasteiger partial charge in [0.05, 0.1) is 6.04 Å². The van der Waals surface area contributed by atoms with Crippen molar-refractivity contribution in [2.75, 3.05) is 20.1 Å². The molecule has 1 fully saturated rings. The van der Waals surface area contributed by atoms with Crippen molar-refractivity contribution in [3.05, 3.63) is 35.9 Å². The van der Waals surface area contributed by atoms with Crippen LogP contribution in [-0.4, -0.2) is 42.9 Å². The first-order chi connectivity index (χ1) is 10.2. The largest absolute Gasteiger partial charge is 0.354 e. The topological polar surface area (TPSA) is 61.4 Å². The molecule has 1 atom stereocenters. The number of nitrogens with zero attached hydrogens (tertiary/aromatic N) is 1. The van der Waals surface area contributed by atoms with Crippen molar-refractivity contribution in [3.8, 4) is 0 Å². The van der Waals surface area contributed by atoms with Crippen LogP contribution in [0.2, 0.25) is 0 Å². The third-order valence-corrected chi connectivity index (χ3v) is 3.70. The molecular formula is C16H23N3O2. The minimum atomic E-state index is -0.0813. The van der Waals surface area contributed by atoms with E-state index in [1.807, 2.05) is 30.3 Å². The van der Waals surface area contributed by atoms with E-state index in [1.165, 1.54) is 0 Å². The highest BCUT2D eigenvalue weighted by molar-refractivity contribution is 5.83. The molecule has 1 aliphatic heterocycles. The van der Waals surface area contributed by atoms with Gasteiger partial charge in [-0.2, -0.15) is 0 Å². The first-order valence-corrected chi connectivity index (χ1v) is 7.46. The monoisotopic (exact) mass is 289 g/mol. The lowest BCUT2D eigenvalue weighted by Crippen LogP contribution is -2.41. The number of carbonyl (C=O) groups is 2. The minimum absolute atomic E-state index is 0.00557. The average molecular weight is 289 g/mol. The maximum absolute atomic E-state index is 12.0. The molecule has 21 heavy (non-hydrogen) atoms. The van der Waals surface area contributed by atoms with Crippen LogP contribution >= 0.6 is 0 Å². The Morgan fingerprint density at radius 3 is 2.76 bits per heavy atom. The second-order valence-electron chi connectivity index (χ2n) is 5.43.